The number of pyridine rings is 1. The summed E-state index contributed by atoms with van der Waals surface area (Å²) in [5, 5.41) is 34.1. The number of ether oxygens (including phenoxy) is 2. The zero-order chi connectivity index (χ0) is 27.5. The fraction of sp³-hybridized carbons (Fsp3) is 0.357. The molecule has 38 heavy (non-hydrogen) atoms. The highest BCUT2D eigenvalue weighted by Crippen LogP contribution is 2.69. The Balaban J connectivity index is 1.85. The molecule has 1 saturated carbocycles. The van der Waals surface area contributed by atoms with Crippen LogP contribution >= 0.6 is 0 Å². The second-order valence-electron chi connectivity index (χ2n) is 9.94. The number of methoxy groups -OCH3 is 1. The zero-order valence-corrected chi connectivity index (χ0v) is 20.9. The Labute approximate surface area is 217 Å². The van der Waals surface area contributed by atoms with E-state index in [-0.39, 0.29) is 28.5 Å². The fourth-order valence-corrected chi connectivity index (χ4v) is 6.17. The topological polar surface area (TPSA) is 98.8 Å². The van der Waals surface area contributed by atoms with Gasteiger partial charge in [0, 0.05) is 24.4 Å². The van der Waals surface area contributed by atoms with Gasteiger partial charge in [0.2, 0.25) is 5.88 Å². The lowest BCUT2D eigenvalue weighted by molar-refractivity contribution is -0.152. The fourth-order valence-electron chi connectivity index (χ4n) is 6.17. The summed E-state index contributed by atoms with van der Waals surface area (Å²) in [7, 11) is 4.97. The predicted octanol–water partition coefficient (Wildman–Crippen LogP) is 3.79. The number of halogens is 3. The van der Waals surface area contributed by atoms with Crippen molar-refractivity contribution >= 4 is 0 Å². The highest BCUT2D eigenvalue weighted by atomic mass is 19.4. The standard InChI is InChI=1S/C28H26F3N3O4/c1-34(2)15-20-22(16-7-5-4-6-8-16)27(17-9-11-18(12-10-17)28(29,30)31)26(36,24(20)35)23-21(38-27)13-19(14-32)33-25(23)37-3/h4-13,20,22,24,35-36H,15H2,1-3H3/t20-,22-,24-,26+,27+/m1/s1. The molecular weight excluding hydrogens is 499 g/mol. The van der Waals surface area contributed by atoms with Gasteiger partial charge in [-0.05, 0) is 37.4 Å². The van der Waals surface area contributed by atoms with Crippen molar-refractivity contribution in [3.8, 4) is 17.7 Å². The minimum Gasteiger partial charge on any atom is -0.481 e. The molecule has 0 amide bonds. The number of nitrogens with zero attached hydrogens (tertiary/aromatic N) is 3. The summed E-state index contributed by atoms with van der Waals surface area (Å²) in [4.78, 5) is 6.05. The second kappa shape index (κ2) is 8.98. The van der Waals surface area contributed by atoms with Crippen LogP contribution in [0, 0.1) is 17.2 Å². The summed E-state index contributed by atoms with van der Waals surface area (Å²) >= 11 is 0. The number of fused-ring (bicyclic) bond motifs is 3. The van der Waals surface area contributed by atoms with Crippen LogP contribution in [-0.4, -0.2) is 54.0 Å². The molecule has 5 rings (SSSR count). The first-order chi connectivity index (χ1) is 18.0. The summed E-state index contributed by atoms with van der Waals surface area (Å²) in [6.07, 6.45) is -6.01. The molecule has 2 aliphatic rings. The van der Waals surface area contributed by atoms with E-state index in [1.807, 2.05) is 55.4 Å². The molecule has 1 aromatic heterocycles. The normalized spacial score (nSPS) is 27.9. The molecule has 2 heterocycles. The van der Waals surface area contributed by atoms with Gasteiger partial charge in [-0.2, -0.15) is 18.4 Å². The molecule has 198 valence electrons. The van der Waals surface area contributed by atoms with E-state index < -0.39 is 40.9 Å². The van der Waals surface area contributed by atoms with Crippen molar-refractivity contribution in [2.75, 3.05) is 27.7 Å². The van der Waals surface area contributed by atoms with Crippen molar-refractivity contribution in [1.29, 1.82) is 5.26 Å². The van der Waals surface area contributed by atoms with Gasteiger partial charge in [-0.15, -0.1) is 0 Å². The molecule has 1 aliphatic carbocycles. The minimum atomic E-state index is -4.57. The van der Waals surface area contributed by atoms with Gasteiger partial charge < -0.3 is 24.6 Å². The quantitative estimate of drug-likeness (QED) is 0.523. The first-order valence-electron chi connectivity index (χ1n) is 12.0. The number of benzene rings is 2. The Bertz CT molecular complexity index is 1390. The molecule has 0 unspecified atom stereocenters. The molecule has 5 atom stereocenters. The number of rotatable bonds is 5. The van der Waals surface area contributed by atoms with Gasteiger partial charge in [-0.1, -0.05) is 42.5 Å². The lowest BCUT2D eigenvalue weighted by atomic mass is 9.70. The van der Waals surface area contributed by atoms with E-state index in [0.717, 1.165) is 17.7 Å². The van der Waals surface area contributed by atoms with Crippen molar-refractivity contribution in [2.45, 2.75) is 29.4 Å². The average Bonchev–Trinajstić information content (AvgIpc) is 3.26. The molecule has 2 N–H and O–H groups in total. The molecule has 0 bridgehead atoms. The van der Waals surface area contributed by atoms with E-state index in [0.29, 0.717) is 6.54 Å². The monoisotopic (exact) mass is 525 g/mol. The molecule has 0 spiro atoms. The Hall–Kier alpha value is -3.65. The third-order valence-electron chi connectivity index (χ3n) is 7.55. The molecule has 2 aromatic carbocycles. The Kier molecular flexibility index (Phi) is 6.14. The van der Waals surface area contributed by atoms with E-state index in [1.54, 1.807) is 0 Å². The zero-order valence-electron chi connectivity index (χ0n) is 20.9. The maximum atomic E-state index is 13.5. The third kappa shape index (κ3) is 3.57. The van der Waals surface area contributed by atoms with Crippen molar-refractivity contribution in [2.24, 2.45) is 5.92 Å². The van der Waals surface area contributed by atoms with Crippen molar-refractivity contribution in [3.63, 3.8) is 0 Å². The SMILES string of the molecule is COc1nc(C#N)cc2c1[C@]1(O)[C@H](O)[C@H](CN(C)C)[C@@H](c3ccccc3)[C@]1(c1ccc(C(F)(F)F)cc1)O2. The predicted molar refractivity (Wildman–Crippen MR) is 130 cm³/mol. The number of hydrogen-bond acceptors (Lipinski definition) is 7. The molecular formula is C28H26F3N3O4. The molecule has 0 radical (unpaired) electrons. The van der Waals surface area contributed by atoms with Gasteiger partial charge in [0.25, 0.3) is 0 Å². The summed E-state index contributed by atoms with van der Waals surface area (Å²) < 4.78 is 52.4. The van der Waals surface area contributed by atoms with Crippen LogP contribution in [0.1, 0.15) is 33.9 Å². The van der Waals surface area contributed by atoms with Gasteiger partial charge in [0.15, 0.2) is 11.2 Å². The van der Waals surface area contributed by atoms with E-state index >= 15 is 0 Å². The third-order valence-corrected chi connectivity index (χ3v) is 7.55. The summed E-state index contributed by atoms with van der Waals surface area (Å²) in [5.41, 5.74) is -3.86. The maximum Gasteiger partial charge on any atom is 0.416 e. The summed E-state index contributed by atoms with van der Waals surface area (Å²) in [6.45, 7) is 0.330. The maximum absolute atomic E-state index is 13.5. The van der Waals surface area contributed by atoms with Crippen LogP contribution in [0.2, 0.25) is 0 Å². The number of nitriles is 1. The lowest BCUT2D eigenvalue weighted by Gasteiger charge is -2.41. The number of aliphatic hydroxyl groups is 2. The Morgan fingerprint density at radius 2 is 1.79 bits per heavy atom. The van der Waals surface area contributed by atoms with Gasteiger partial charge in [0.1, 0.15) is 17.5 Å². The van der Waals surface area contributed by atoms with E-state index in [2.05, 4.69) is 4.98 Å². The van der Waals surface area contributed by atoms with Crippen molar-refractivity contribution in [3.05, 3.63) is 88.6 Å². The van der Waals surface area contributed by atoms with Crippen LogP contribution in [0.15, 0.2) is 60.7 Å². The Morgan fingerprint density at radius 3 is 2.34 bits per heavy atom. The molecule has 1 fully saturated rings. The van der Waals surface area contributed by atoms with Gasteiger partial charge in [0.05, 0.1) is 24.3 Å². The van der Waals surface area contributed by atoms with Gasteiger partial charge in [-0.3, -0.25) is 0 Å². The molecule has 7 nitrogen and oxygen atoms in total. The largest absolute Gasteiger partial charge is 0.481 e. The second-order valence-corrected chi connectivity index (χ2v) is 9.94. The number of hydrogen-bond donors (Lipinski definition) is 2. The lowest BCUT2D eigenvalue weighted by Crippen LogP contribution is -2.52. The summed E-state index contributed by atoms with van der Waals surface area (Å²) in [6, 6.07) is 16.8. The van der Waals surface area contributed by atoms with Crippen LogP contribution in [0.5, 0.6) is 11.6 Å². The van der Waals surface area contributed by atoms with E-state index in [4.69, 9.17) is 9.47 Å². The number of alkyl halides is 3. The Morgan fingerprint density at radius 1 is 1.13 bits per heavy atom. The van der Waals surface area contributed by atoms with Crippen molar-refractivity contribution < 1.29 is 32.9 Å². The van der Waals surface area contributed by atoms with Gasteiger partial charge >= 0.3 is 6.18 Å². The summed E-state index contributed by atoms with van der Waals surface area (Å²) in [5.74, 6) is -1.37. The minimum absolute atomic E-state index is 0.0395. The highest BCUT2D eigenvalue weighted by Gasteiger charge is 2.77. The van der Waals surface area contributed by atoms with Crippen LogP contribution in [0.4, 0.5) is 13.2 Å². The van der Waals surface area contributed by atoms with Crippen LogP contribution in [-0.2, 0) is 17.4 Å². The number of aromatic nitrogens is 1. The van der Waals surface area contributed by atoms with E-state index in [1.165, 1.54) is 25.3 Å². The molecule has 0 saturated heterocycles. The van der Waals surface area contributed by atoms with Crippen LogP contribution in [0.3, 0.4) is 0 Å². The molecule has 3 aromatic rings. The average molecular weight is 526 g/mol. The first-order valence-corrected chi connectivity index (χ1v) is 12.0. The van der Waals surface area contributed by atoms with Crippen LogP contribution < -0.4 is 9.47 Å². The number of aliphatic hydroxyl groups excluding tert-OH is 1. The highest BCUT2D eigenvalue weighted by molar-refractivity contribution is 5.60. The smallest absolute Gasteiger partial charge is 0.416 e. The van der Waals surface area contributed by atoms with Crippen LogP contribution in [0.25, 0.3) is 0 Å². The van der Waals surface area contributed by atoms with Gasteiger partial charge in [-0.25, -0.2) is 4.98 Å². The van der Waals surface area contributed by atoms with Crippen molar-refractivity contribution in [1.82, 2.24) is 9.88 Å². The molecule has 10 heteroatoms. The van der Waals surface area contributed by atoms with E-state index in [9.17, 15) is 28.6 Å². The molecule has 1 aliphatic heterocycles. The first kappa shape index (κ1) is 26.0.